The molecule has 0 saturated heterocycles. The molecule has 2 rings (SSSR count). The van der Waals surface area contributed by atoms with Crippen LogP contribution < -0.4 is 10.6 Å². The van der Waals surface area contributed by atoms with Crippen LogP contribution in [0.15, 0.2) is 23.2 Å². The van der Waals surface area contributed by atoms with Gasteiger partial charge in [-0.05, 0) is 45.6 Å². The number of hydrogen-bond acceptors (Lipinski definition) is 4. The topological polar surface area (TPSA) is 52.6 Å². The summed E-state index contributed by atoms with van der Waals surface area (Å²) in [4.78, 5) is 11.8. The maximum atomic E-state index is 13.9. The van der Waals surface area contributed by atoms with Gasteiger partial charge in [0.25, 0.3) is 0 Å². The fraction of sp³-hybridized carbons (Fsp3) is 0.444. The van der Waals surface area contributed by atoms with E-state index in [9.17, 15) is 4.39 Å². The molecular weight excluding hydrogens is 337 g/mol. The van der Waals surface area contributed by atoms with E-state index in [1.807, 2.05) is 38.9 Å². The minimum absolute atomic E-state index is 0.170. The molecule has 0 aliphatic rings. The average molecular weight is 364 g/mol. The first kappa shape index (κ1) is 19.3. The van der Waals surface area contributed by atoms with E-state index in [0.717, 1.165) is 16.3 Å². The number of rotatable bonds is 6. The number of aliphatic imine (C=N–C) groups is 1. The monoisotopic (exact) mass is 363 g/mol. The van der Waals surface area contributed by atoms with Crippen LogP contribution in [0.25, 0.3) is 0 Å². The molecule has 0 fully saturated rings. The highest BCUT2D eigenvalue weighted by molar-refractivity contribution is 7.11. The lowest BCUT2D eigenvalue weighted by atomic mass is 10.1. The molecule has 2 N–H and O–H groups in total. The van der Waals surface area contributed by atoms with Crippen LogP contribution in [0.1, 0.15) is 26.7 Å². The summed E-state index contributed by atoms with van der Waals surface area (Å²) in [6.07, 6.45) is 0. The molecule has 1 aromatic carbocycles. The molecular formula is C18H26FN5S. The summed E-state index contributed by atoms with van der Waals surface area (Å²) in [6, 6.07) is 5.22. The number of nitrogens with one attached hydrogen (secondary N) is 2. The van der Waals surface area contributed by atoms with Crippen molar-refractivity contribution in [1.29, 1.82) is 0 Å². The first-order valence-electron chi connectivity index (χ1n) is 8.18. The Labute approximate surface area is 153 Å². The van der Waals surface area contributed by atoms with Crippen molar-refractivity contribution < 1.29 is 4.39 Å². The van der Waals surface area contributed by atoms with Crippen molar-refractivity contribution in [2.24, 2.45) is 4.99 Å². The van der Waals surface area contributed by atoms with Crippen molar-refractivity contribution in [3.8, 4) is 0 Å². The second kappa shape index (κ2) is 8.92. The maximum Gasteiger partial charge on any atom is 0.191 e. The lowest BCUT2D eigenvalue weighted by Crippen LogP contribution is -2.36. The Kier molecular flexibility index (Phi) is 6.90. The van der Waals surface area contributed by atoms with Crippen LogP contribution in [-0.2, 0) is 19.6 Å². The van der Waals surface area contributed by atoms with Crippen LogP contribution >= 0.6 is 11.3 Å². The Morgan fingerprint density at radius 2 is 1.96 bits per heavy atom. The van der Waals surface area contributed by atoms with Gasteiger partial charge in [-0.25, -0.2) is 9.37 Å². The van der Waals surface area contributed by atoms with Crippen molar-refractivity contribution in [1.82, 2.24) is 20.5 Å². The lowest BCUT2D eigenvalue weighted by molar-refractivity contribution is 0.392. The van der Waals surface area contributed by atoms with Gasteiger partial charge in [-0.3, -0.25) is 4.99 Å². The normalized spacial score (nSPS) is 11.9. The summed E-state index contributed by atoms with van der Waals surface area (Å²) in [5, 5.41) is 7.63. The molecule has 0 aliphatic heterocycles. The van der Waals surface area contributed by atoms with Gasteiger partial charge >= 0.3 is 0 Å². The maximum absolute atomic E-state index is 13.9. The predicted octanol–water partition coefficient (Wildman–Crippen LogP) is 2.83. The van der Waals surface area contributed by atoms with Gasteiger partial charge in [0.05, 0.1) is 17.2 Å². The van der Waals surface area contributed by atoms with E-state index in [-0.39, 0.29) is 5.82 Å². The Morgan fingerprint density at radius 3 is 2.56 bits per heavy atom. The molecule has 0 unspecified atom stereocenters. The summed E-state index contributed by atoms with van der Waals surface area (Å²) >= 11 is 1.69. The van der Waals surface area contributed by atoms with E-state index in [1.54, 1.807) is 24.5 Å². The number of nitrogens with zero attached hydrogens (tertiary/aromatic N) is 3. The van der Waals surface area contributed by atoms with Gasteiger partial charge in [0.1, 0.15) is 5.82 Å². The van der Waals surface area contributed by atoms with Crippen molar-refractivity contribution in [2.75, 3.05) is 21.1 Å². The van der Waals surface area contributed by atoms with Crippen LogP contribution in [-0.4, -0.2) is 37.0 Å². The third-order valence-electron chi connectivity index (χ3n) is 3.70. The van der Waals surface area contributed by atoms with Gasteiger partial charge in [-0.1, -0.05) is 6.07 Å². The molecule has 2 aromatic rings. The summed E-state index contributed by atoms with van der Waals surface area (Å²) in [5.41, 5.74) is 2.77. The van der Waals surface area contributed by atoms with Gasteiger partial charge in [-0.2, -0.15) is 0 Å². The van der Waals surface area contributed by atoms with Crippen molar-refractivity contribution in [3.05, 3.63) is 50.7 Å². The molecule has 0 bridgehead atoms. The molecule has 1 heterocycles. The number of benzene rings is 1. The van der Waals surface area contributed by atoms with E-state index in [2.05, 4.69) is 20.6 Å². The Balaban J connectivity index is 1.93. The second-order valence-corrected chi connectivity index (χ2v) is 7.47. The van der Waals surface area contributed by atoms with Crippen LogP contribution in [0.5, 0.6) is 0 Å². The van der Waals surface area contributed by atoms with E-state index < -0.39 is 0 Å². The molecule has 5 nitrogen and oxygen atoms in total. The highest BCUT2D eigenvalue weighted by atomic mass is 32.1. The minimum atomic E-state index is -0.170. The van der Waals surface area contributed by atoms with E-state index >= 15 is 0 Å². The third kappa shape index (κ3) is 5.79. The fourth-order valence-electron chi connectivity index (χ4n) is 2.51. The smallest absolute Gasteiger partial charge is 0.191 e. The Morgan fingerprint density at radius 1 is 1.24 bits per heavy atom. The molecule has 0 atom stereocenters. The van der Waals surface area contributed by atoms with E-state index in [1.165, 1.54) is 10.9 Å². The molecule has 0 spiro atoms. The molecule has 136 valence electrons. The van der Waals surface area contributed by atoms with E-state index in [0.29, 0.717) is 31.2 Å². The number of halogens is 1. The largest absolute Gasteiger partial charge is 0.352 e. The van der Waals surface area contributed by atoms with Crippen LogP contribution in [0.3, 0.4) is 0 Å². The fourth-order valence-corrected chi connectivity index (χ4v) is 3.38. The van der Waals surface area contributed by atoms with Crippen molar-refractivity contribution in [2.45, 2.75) is 33.5 Å². The number of thiazole rings is 1. The van der Waals surface area contributed by atoms with Gasteiger partial charge in [0, 0.05) is 30.6 Å². The SMILES string of the molecule is CN=C(NCc1ccc(F)c(CN(C)C)c1)NCc1sc(C)nc1C. The average Bonchev–Trinajstić information content (AvgIpc) is 2.87. The predicted molar refractivity (Wildman–Crippen MR) is 102 cm³/mol. The van der Waals surface area contributed by atoms with Gasteiger partial charge < -0.3 is 15.5 Å². The Bertz CT molecular complexity index is 739. The summed E-state index contributed by atoms with van der Waals surface area (Å²) in [6.45, 7) is 5.87. The first-order valence-corrected chi connectivity index (χ1v) is 9.00. The van der Waals surface area contributed by atoms with Crippen molar-refractivity contribution in [3.63, 3.8) is 0 Å². The third-order valence-corrected chi connectivity index (χ3v) is 4.77. The number of aryl methyl sites for hydroxylation is 2. The van der Waals surface area contributed by atoms with Gasteiger partial charge in [0.2, 0.25) is 0 Å². The minimum Gasteiger partial charge on any atom is -0.352 e. The lowest BCUT2D eigenvalue weighted by Gasteiger charge is -2.14. The molecule has 0 amide bonds. The molecule has 0 saturated carbocycles. The van der Waals surface area contributed by atoms with E-state index in [4.69, 9.17) is 0 Å². The summed E-state index contributed by atoms with van der Waals surface area (Å²) < 4.78 is 13.9. The number of guanidine groups is 1. The standard InChI is InChI=1S/C18H26FN5S/c1-12-17(25-13(2)23-12)10-22-18(20-3)21-9-14-6-7-16(19)15(8-14)11-24(4)5/h6-8H,9-11H2,1-5H3,(H2,20,21,22). The summed E-state index contributed by atoms with van der Waals surface area (Å²) in [5.74, 6) is 0.542. The quantitative estimate of drug-likeness (QED) is 0.612. The van der Waals surface area contributed by atoms with Crippen LogP contribution in [0.2, 0.25) is 0 Å². The molecule has 0 radical (unpaired) electrons. The van der Waals surface area contributed by atoms with Gasteiger partial charge in [-0.15, -0.1) is 11.3 Å². The highest BCUT2D eigenvalue weighted by Gasteiger charge is 2.08. The zero-order valence-electron chi connectivity index (χ0n) is 15.5. The zero-order valence-corrected chi connectivity index (χ0v) is 16.3. The first-order chi connectivity index (χ1) is 11.9. The van der Waals surface area contributed by atoms with Crippen LogP contribution in [0, 0.1) is 19.7 Å². The summed E-state index contributed by atoms with van der Waals surface area (Å²) in [7, 11) is 5.60. The number of aromatic nitrogens is 1. The molecule has 25 heavy (non-hydrogen) atoms. The van der Waals surface area contributed by atoms with Crippen LogP contribution in [0.4, 0.5) is 4.39 Å². The molecule has 0 aliphatic carbocycles. The van der Waals surface area contributed by atoms with Crippen molar-refractivity contribution >= 4 is 17.3 Å². The number of hydrogen-bond donors (Lipinski definition) is 2. The van der Waals surface area contributed by atoms with Gasteiger partial charge in [0.15, 0.2) is 5.96 Å². The zero-order chi connectivity index (χ0) is 18.4. The molecule has 7 heteroatoms. The Hall–Kier alpha value is -1.99. The second-order valence-electron chi connectivity index (χ2n) is 6.18. The highest BCUT2D eigenvalue weighted by Crippen LogP contribution is 2.16. The molecule has 1 aromatic heterocycles.